The molecule has 2 aromatic carbocycles. The van der Waals surface area contributed by atoms with Gasteiger partial charge in [-0.15, -0.1) is 0 Å². The number of hydrogen-bond donors (Lipinski definition) is 0. The first-order chi connectivity index (χ1) is 10.8. The van der Waals surface area contributed by atoms with Crippen LogP contribution in [0.5, 0.6) is 0 Å². The van der Waals surface area contributed by atoms with E-state index in [1.807, 2.05) is 0 Å². The van der Waals surface area contributed by atoms with Crippen molar-refractivity contribution in [3.05, 3.63) is 63.6 Å². The number of carbonyl (C=O) groups is 2. The molecule has 23 heavy (non-hydrogen) atoms. The summed E-state index contributed by atoms with van der Waals surface area (Å²) in [6.07, 6.45) is 0. The van der Waals surface area contributed by atoms with E-state index in [1.165, 1.54) is 36.4 Å². The Labute approximate surface area is 142 Å². The zero-order valence-corrected chi connectivity index (χ0v) is 13.8. The van der Waals surface area contributed by atoms with Crippen LogP contribution in [0.2, 0.25) is 10.0 Å². The Bertz CT molecular complexity index is 940. The van der Waals surface area contributed by atoms with Crippen LogP contribution in [-0.4, -0.2) is 31.0 Å². The van der Waals surface area contributed by atoms with Gasteiger partial charge in [-0.05, 0) is 24.3 Å². The lowest BCUT2D eigenvalue weighted by molar-refractivity contribution is 0.0820. The number of carbonyl (C=O) groups excluding carboxylic acids is 2. The van der Waals surface area contributed by atoms with Crippen LogP contribution in [0, 0.1) is 0 Å². The van der Waals surface area contributed by atoms with Crippen molar-refractivity contribution in [2.45, 2.75) is 4.90 Å². The van der Waals surface area contributed by atoms with Gasteiger partial charge in [0.2, 0.25) is 0 Å². The Balaban J connectivity index is 1.97. The first-order valence-corrected chi connectivity index (χ1v) is 8.67. The number of halogens is 2. The minimum Gasteiger partial charge on any atom is -0.292 e. The standard InChI is InChI=1S/C15H9Cl2NO4S/c16-11-6-3-5-9(14(11)17)12(19)8-18-15(20)10-4-1-2-7-13(10)23(18,21)22/h1-7H,8H2. The molecule has 2 aromatic rings. The number of amides is 1. The van der Waals surface area contributed by atoms with Gasteiger partial charge in [-0.25, -0.2) is 12.7 Å². The molecule has 0 unspecified atom stereocenters. The molecule has 3 rings (SSSR count). The maximum atomic E-state index is 12.4. The van der Waals surface area contributed by atoms with Crippen LogP contribution in [-0.2, 0) is 10.0 Å². The van der Waals surface area contributed by atoms with Crippen molar-refractivity contribution >= 4 is 44.9 Å². The van der Waals surface area contributed by atoms with Crippen LogP contribution in [0.15, 0.2) is 47.4 Å². The fourth-order valence-corrected chi connectivity index (χ4v) is 4.25. The van der Waals surface area contributed by atoms with Crippen molar-refractivity contribution < 1.29 is 18.0 Å². The van der Waals surface area contributed by atoms with Gasteiger partial charge in [-0.2, -0.15) is 0 Å². The van der Waals surface area contributed by atoms with Crippen molar-refractivity contribution in [2.24, 2.45) is 0 Å². The van der Waals surface area contributed by atoms with E-state index in [4.69, 9.17) is 23.2 Å². The third-order valence-electron chi connectivity index (χ3n) is 3.45. The predicted molar refractivity (Wildman–Crippen MR) is 85.5 cm³/mol. The van der Waals surface area contributed by atoms with Crippen LogP contribution in [0.3, 0.4) is 0 Å². The van der Waals surface area contributed by atoms with Gasteiger partial charge in [0.15, 0.2) is 5.78 Å². The molecule has 1 aliphatic rings. The van der Waals surface area contributed by atoms with E-state index in [9.17, 15) is 18.0 Å². The van der Waals surface area contributed by atoms with Crippen LogP contribution >= 0.6 is 23.2 Å². The predicted octanol–water partition coefficient (Wildman–Crippen LogP) is 3.02. The molecule has 0 bridgehead atoms. The zero-order chi connectivity index (χ0) is 16.8. The molecular formula is C15H9Cl2NO4S. The number of ketones is 1. The van der Waals surface area contributed by atoms with Gasteiger partial charge in [0.1, 0.15) is 11.4 Å². The molecule has 0 aliphatic carbocycles. The van der Waals surface area contributed by atoms with E-state index < -0.39 is 28.3 Å². The molecule has 0 atom stereocenters. The summed E-state index contributed by atoms with van der Waals surface area (Å²) in [6.45, 7) is -0.629. The highest BCUT2D eigenvalue weighted by Gasteiger charge is 2.41. The number of benzene rings is 2. The second kappa shape index (κ2) is 5.63. The Hall–Kier alpha value is -1.89. The summed E-state index contributed by atoms with van der Waals surface area (Å²) < 4.78 is 25.4. The molecule has 1 aliphatic heterocycles. The first-order valence-electron chi connectivity index (χ1n) is 6.47. The summed E-state index contributed by atoms with van der Waals surface area (Å²) in [4.78, 5) is 24.5. The lowest BCUT2D eigenvalue weighted by Gasteiger charge is -2.14. The Kier molecular flexibility index (Phi) is 3.91. The highest BCUT2D eigenvalue weighted by molar-refractivity contribution is 7.90. The fourth-order valence-electron chi connectivity index (χ4n) is 2.32. The van der Waals surface area contributed by atoms with E-state index >= 15 is 0 Å². The van der Waals surface area contributed by atoms with Crippen molar-refractivity contribution in [2.75, 3.05) is 6.54 Å². The second-order valence-corrected chi connectivity index (χ2v) is 7.45. The lowest BCUT2D eigenvalue weighted by Crippen LogP contribution is -2.35. The van der Waals surface area contributed by atoms with Crippen LogP contribution < -0.4 is 0 Å². The summed E-state index contributed by atoms with van der Waals surface area (Å²) in [5.41, 5.74) is 0.121. The highest BCUT2D eigenvalue weighted by Crippen LogP contribution is 2.31. The fraction of sp³-hybridized carbons (Fsp3) is 0.0667. The number of sulfonamides is 1. The minimum atomic E-state index is -4.03. The van der Waals surface area contributed by atoms with Crippen LogP contribution in [0.4, 0.5) is 0 Å². The average Bonchev–Trinajstić information content (AvgIpc) is 2.71. The van der Waals surface area contributed by atoms with Crippen molar-refractivity contribution in [1.29, 1.82) is 0 Å². The largest absolute Gasteiger partial charge is 0.292 e. The van der Waals surface area contributed by atoms with Crippen molar-refractivity contribution in [3.63, 3.8) is 0 Å². The summed E-state index contributed by atoms with van der Waals surface area (Å²) >= 11 is 11.8. The maximum absolute atomic E-state index is 12.4. The number of hydrogen-bond acceptors (Lipinski definition) is 4. The summed E-state index contributed by atoms with van der Waals surface area (Å²) in [5.74, 6) is -1.34. The van der Waals surface area contributed by atoms with Gasteiger partial charge in [-0.1, -0.05) is 41.4 Å². The Morgan fingerprint density at radius 1 is 1.04 bits per heavy atom. The molecule has 1 amide bonds. The molecule has 0 N–H and O–H groups in total. The van der Waals surface area contributed by atoms with Gasteiger partial charge in [-0.3, -0.25) is 9.59 Å². The molecule has 5 nitrogen and oxygen atoms in total. The van der Waals surface area contributed by atoms with Gasteiger partial charge in [0.05, 0.1) is 15.6 Å². The van der Waals surface area contributed by atoms with Crippen LogP contribution in [0.25, 0.3) is 0 Å². The van der Waals surface area contributed by atoms with Crippen LogP contribution in [0.1, 0.15) is 20.7 Å². The normalized spacial score (nSPS) is 15.6. The molecule has 0 saturated carbocycles. The molecule has 118 valence electrons. The van der Waals surface area contributed by atoms with Gasteiger partial charge < -0.3 is 0 Å². The van der Waals surface area contributed by atoms with E-state index in [2.05, 4.69) is 0 Å². The van der Waals surface area contributed by atoms with E-state index in [0.29, 0.717) is 4.31 Å². The molecule has 0 fully saturated rings. The zero-order valence-electron chi connectivity index (χ0n) is 11.5. The van der Waals surface area contributed by atoms with E-state index in [1.54, 1.807) is 6.07 Å². The number of rotatable bonds is 3. The summed E-state index contributed by atoms with van der Waals surface area (Å²) in [6, 6.07) is 10.3. The third-order valence-corrected chi connectivity index (χ3v) is 6.06. The lowest BCUT2D eigenvalue weighted by atomic mass is 10.1. The molecular weight excluding hydrogens is 361 g/mol. The van der Waals surface area contributed by atoms with Gasteiger partial charge >= 0.3 is 0 Å². The topological polar surface area (TPSA) is 71.5 Å². The van der Waals surface area contributed by atoms with Crippen molar-refractivity contribution in [3.8, 4) is 0 Å². The number of fused-ring (bicyclic) bond motifs is 1. The number of nitrogens with zero attached hydrogens (tertiary/aromatic N) is 1. The summed E-state index contributed by atoms with van der Waals surface area (Å²) in [5, 5.41) is 0.206. The quantitative estimate of drug-likeness (QED) is 0.779. The molecule has 1 heterocycles. The molecule has 0 radical (unpaired) electrons. The molecule has 0 aromatic heterocycles. The van der Waals surface area contributed by atoms with Gasteiger partial charge in [0, 0.05) is 5.56 Å². The Morgan fingerprint density at radius 2 is 1.74 bits per heavy atom. The smallest absolute Gasteiger partial charge is 0.269 e. The van der Waals surface area contributed by atoms with E-state index in [-0.39, 0.29) is 26.1 Å². The number of Topliss-reactive ketones (excluding diaryl/α,β-unsaturated/α-hetero) is 1. The average molecular weight is 370 g/mol. The molecule has 8 heteroatoms. The van der Waals surface area contributed by atoms with E-state index in [0.717, 1.165) is 0 Å². The monoisotopic (exact) mass is 369 g/mol. The third kappa shape index (κ3) is 2.52. The van der Waals surface area contributed by atoms with Crippen molar-refractivity contribution in [1.82, 2.24) is 4.31 Å². The molecule has 0 saturated heterocycles. The highest BCUT2D eigenvalue weighted by atomic mass is 35.5. The van der Waals surface area contributed by atoms with Gasteiger partial charge in [0.25, 0.3) is 15.9 Å². The molecule has 0 spiro atoms. The maximum Gasteiger partial charge on any atom is 0.269 e. The SMILES string of the molecule is O=C(CN1C(=O)c2ccccc2S1(=O)=O)c1cccc(Cl)c1Cl. The minimum absolute atomic E-state index is 0.0284. The first kappa shape index (κ1) is 16.0. The Morgan fingerprint density at radius 3 is 2.43 bits per heavy atom. The second-order valence-electron chi connectivity index (χ2n) is 4.84. The summed E-state index contributed by atoms with van der Waals surface area (Å²) in [7, 11) is -4.03.